The van der Waals surface area contributed by atoms with Crippen LogP contribution in [0.4, 0.5) is 0 Å². The SMILES string of the molecule is COCCCN1C(=O)C(O)=C(C(=O)c2cc3cc(Cl)cc(OC)c3o2)C1c1ccc(OC)c(O)c1. The molecule has 3 aromatic rings. The number of ether oxygens (including phenoxy) is 3. The number of rotatable bonds is 9. The molecule has 1 atom stereocenters. The molecule has 1 amide bonds. The second-order valence-corrected chi connectivity index (χ2v) is 8.34. The van der Waals surface area contributed by atoms with Crippen LogP contribution >= 0.6 is 11.6 Å². The zero-order valence-electron chi connectivity index (χ0n) is 19.3. The fourth-order valence-electron chi connectivity index (χ4n) is 4.20. The van der Waals surface area contributed by atoms with Crippen molar-refractivity contribution in [3.63, 3.8) is 0 Å². The highest BCUT2D eigenvalue weighted by atomic mass is 35.5. The Morgan fingerprint density at radius 1 is 1.09 bits per heavy atom. The largest absolute Gasteiger partial charge is 0.504 e. The number of benzene rings is 2. The molecule has 10 heteroatoms. The highest BCUT2D eigenvalue weighted by molar-refractivity contribution is 6.31. The van der Waals surface area contributed by atoms with Gasteiger partial charge in [0.15, 0.2) is 34.4 Å². The number of amides is 1. The second-order valence-electron chi connectivity index (χ2n) is 7.91. The van der Waals surface area contributed by atoms with Gasteiger partial charge in [0.2, 0.25) is 5.78 Å². The van der Waals surface area contributed by atoms with Crippen molar-refractivity contribution < 1.29 is 38.4 Å². The van der Waals surface area contributed by atoms with Gasteiger partial charge >= 0.3 is 0 Å². The van der Waals surface area contributed by atoms with Gasteiger partial charge in [-0.2, -0.15) is 0 Å². The van der Waals surface area contributed by atoms with Crippen LogP contribution in [0.15, 0.2) is 52.1 Å². The number of furan rings is 1. The fourth-order valence-corrected chi connectivity index (χ4v) is 4.42. The zero-order chi connectivity index (χ0) is 25.3. The number of methoxy groups -OCH3 is 3. The van der Waals surface area contributed by atoms with Crippen molar-refractivity contribution in [2.45, 2.75) is 12.5 Å². The molecule has 35 heavy (non-hydrogen) atoms. The summed E-state index contributed by atoms with van der Waals surface area (Å²) in [5.41, 5.74) is 0.555. The maximum atomic E-state index is 13.6. The molecule has 4 rings (SSSR count). The average molecular weight is 502 g/mol. The Balaban J connectivity index is 1.81. The summed E-state index contributed by atoms with van der Waals surface area (Å²) in [6, 6.07) is 8.21. The molecule has 0 aliphatic carbocycles. The first-order valence-electron chi connectivity index (χ1n) is 10.7. The first-order valence-corrected chi connectivity index (χ1v) is 11.1. The topological polar surface area (TPSA) is 119 Å². The molecule has 0 fully saturated rings. The number of hydrogen-bond donors (Lipinski definition) is 2. The molecule has 0 radical (unpaired) electrons. The van der Waals surface area contributed by atoms with E-state index >= 15 is 0 Å². The Hall–Kier alpha value is -3.69. The number of ketones is 1. The summed E-state index contributed by atoms with van der Waals surface area (Å²) in [5.74, 6) is -1.78. The molecule has 2 heterocycles. The molecular formula is C25H24ClNO8. The molecule has 1 aliphatic rings. The standard InChI is InChI=1S/C25H24ClNO8/c1-32-8-4-7-27-21(13-5-6-17(33-2)16(28)10-13)20(23(30)25(27)31)22(29)18-11-14-9-15(26)12-19(34-3)24(14)35-18/h5-6,9-12,21,28,30H,4,7-8H2,1-3H3. The van der Waals surface area contributed by atoms with Gasteiger partial charge < -0.3 is 33.7 Å². The molecule has 0 bridgehead atoms. The van der Waals surface area contributed by atoms with Gasteiger partial charge in [0.1, 0.15) is 0 Å². The van der Waals surface area contributed by atoms with Gasteiger partial charge in [0, 0.05) is 36.7 Å². The lowest BCUT2D eigenvalue weighted by molar-refractivity contribution is -0.129. The van der Waals surface area contributed by atoms with Crippen molar-refractivity contribution in [1.29, 1.82) is 0 Å². The van der Waals surface area contributed by atoms with Gasteiger partial charge in [-0.25, -0.2) is 0 Å². The van der Waals surface area contributed by atoms with Gasteiger partial charge in [0.05, 0.1) is 25.8 Å². The fraction of sp³-hybridized carbons (Fsp3) is 0.280. The summed E-state index contributed by atoms with van der Waals surface area (Å²) in [6.45, 7) is 0.576. The lowest BCUT2D eigenvalue weighted by Gasteiger charge is -2.27. The highest BCUT2D eigenvalue weighted by Gasteiger charge is 2.44. The van der Waals surface area contributed by atoms with Gasteiger partial charge in [-0.05, 0) is 36.2 Å². The molecule has 1 unspecified atom stereocenters. The molecule has 0 spiro atoms. The number of Topliss-reactive ketones (excluding diaryl/α,β-unsaturated/α-hetero) is 1. The van der Waals surface area contributed by atoms with Crippen LogP contribution < -0.4 is 9.47 Å². The van der Waals surface area contributed by atoms with Gasteiger partial charge in [0.25, 0.3) is 5.91 Å². The van der Waals surface area contributed by atoms with Crippen molar-refractivity contribution in [2.24, 2.45) is 0 Å². The summed E-state index contributed by atoms with van der Waals surface area (Å²) < 4.78 is 21.3. The summed E-state index contributed by atoms with van der Waals surface area (Å²) in [5, 5.41) is 22.1. The summed E-state index contributed by atoms with van der Waals surface area (Å²) in [7, 11) is 4.40. The first kappa shape index (κ1) is 24.4. The van der Waals surface area contributed by atoms with Crippen LogP contribution in [0.1, 0.15) is 28.6 Å². The van der Waals surface area contributed by atoms with E-state index < -0.39 is 23.5 Å². The number of halogens is 1. The van der Waals surface area contributed by atoms with Crippen LogP contribution in [0.25, 0.3) is 11.0 Å². The van der Waals surface area contributed by atoms with Crippen LogP contribution in [0.3, 0.4) is 0 Å². The van der Waals surface area contributed by atoms with Crippen molar-refractivity contribution in [3.05, 3.63) is 64.1 Å². The molecule has 0 saturated heterocycles. The highest BCUT2D eigenvalue weighted by Crippen LogP contribution is 2.42. The van der Waals surface area contributed by atoms with E-state index in [1.165, 1.54) is 44.4 Å². The molecule has 1 aromatic heterocycles. The Kier molecular flexibility index (Phi) is 6.90. The van der Waals surface area contributed by atoms with E-state index in [1.54, 1.807) is 18.2 Å². The smallest absolute Gasteiger partial charge is 0.290 e. The lowest BCUT2D eigenvalue weighted by Crippen LogP contribution is -2.32. The number of fused-ring (bicyclic) bond motifs is 1. The van der Waals surface area contributed by atoms with E-state index in [0.717, 1.165) is 0 Å². The van der Waals surface area contributed by atoms with Crippen molar-refractivity contribution in [3.8, 4) is 17.2 Å². The van der Waals surface area contributed by atoms with E-state index in [4.69, 9.17) is 30.2 Å². The minimum atomic E-state index is -0.970. The predicted molar refractivity (Wildman–Crippen MR) is 127 cm³/mol. The van der Waals surface area contributed by atoms with E-state index in [9.17, 15) is 19.8 Å². The van der Waals surface area contributed by atoms with Crippen LogP contribution in [0, 0.1) is 0 Å². The van der Waals surface area contributed by atoms with Crippen molar-refractivity contribution in [1.82, 2.24) is 4.90 Å². The minimum Gasteiger partial charge on any atom is -0.504 e. The summed E-state index contributed by atoms with van der Waals surface area (Å²) >= 11 is 6.13. The summed E-state index contributed by atoms with van der Waals surface area (Å²) in [4.78, 5) is 28.0. The number of phenolic OH excluding ortho intramolecular Hbond substituents is 1. The Morgan fingerprint density at radius 2 is 1.83 bits per heavy atom. The van der Waals surface area contributed by atoms with Crippen molar-refractivity contribution >= 4 is 34.3 Å². The third-order valence-electron chi connectivity index (χ3n) is 5.81. The van der Waals surface area contributed by atoms with Crippen LogP contribution in [-0.4, -0.2) is 61.3 Å². The Morgan fingerprint density at radius 3 is 2.49 bits per heavy atom. The first-order chi connectivity index (χ1) is 16.8. The molecule has 0 saturated carbocycles. The quantitative estimate of drug-likeness (QED) is 0.326. The normalized spacial score (nSPS) is 15.8. The third-order valence-corrected chi connectivity index (χ3v) is 6.02. The molecule has 184 valence electrons. The number of aromatic hydroxyl groups is 1. The monoisotopic (exact) mass is 501 g/mol. The van der Waals surface area contributed by atoms with E-state index in [1.807, 2.05) is 0 Å². The van der Waals surface area contributed by atoms with E-state index in [2.05, 4.69) is 0 Å². The number of phenols is 1. The van der Waals surface area contributed by atoms with Gasteiger partial charge in [-0.15, -0.1) is 0 Å². The maximum Gasteiger partial charge on any atom is 0.290 e. The second kappa shape index (κ2) is 9.89. The zero-order valence-corrected chi connectivity index (χ0v) is 20.1. The Labute approximate surface area is 206 Å². The number of hydrogen-bond acceptors (Lipinski definition) is 8. The predicted octanol–water partition coefficient (Wildman–Crippen LogP) is 4.42. The molecule has 2 N–H and O–H groups in total. The molecule has 9 nitrogen and oxygen atoms in total. The molecular weight excluding hydrogens is 478 g/mol. The van der Waals surface area contributed by atoms with Crippen LogP contribution in [0.5, 0.6) is 17.2 Å². The summed E-state index contributed by atoms with van der Waals surface area (Å²) in [6.07, 6.45) is 0.468. The molecule has 1 aliphatic heterocycles. The van der Waals surface area contributed by atoms with Crippen LogP contribution in [-0.2, 0) is 9.53 Å². The van der Waals surface area contributed by atoms with Gasteiger partial charge in [-0.3, -0.25) is 9.59 Å². The maximum absolute atomic E-state index is 13.6. The molecule has 2 aromatic carbocycles. The van der Waals surface area contributed by atoms with E-state index in [-0.39, 0.29) is 29.4 Å². The van der Waals surface area contributed by atoms with E-state index in [0.29, 0.717) is 40.3 Å². The lowest BCUT2D eigenvalue weighted by atomic mass is 9.94. The number of carbonyl (C=O) groups excluding carboxylic acids is 2. The third kappa shape index (κ3) is 4.40. The minimum absolute atomic E-state index is 0.101. The number of aliphatic hydroxyl groups is 1. The van der Waals surface area contributed by atoms with Crippen LogP contribution in [0.2, 0.25) is 5.02 Å². The Bertz CT molecular complexity index is 1330. The van der Waals surface area contributed by atoms with Crippen molar-refractivity contribution in [2.75, 3.05) is 34.5 Å². The number of aliphatic hydroxyl groups excluding tert-OH is 1. The average Bonchev–Trinajstić information content (AvgIpc) is 3.37. The van der Waals surface area contributed by atoms with Gasteiger partial charge in [-0.1, -0.05) is 17.7 Å². The number of carbonyl (C=O) groups is 2. The number of nitrogens with zero attached hydrogens (tertiary/aromatic N) is 1.